The molecule has 2 aromatic carbocycles. The molecule has 0 saturated carbocycles. The van der Waals surface area contributed by atoms with E-state index in [1.54, 1.807) is 25.1 Å². The lowest BCUT2D eigenvalue weighted by Crippen LogP contribution is -2.22. The van der Waals surface area contributed by atoms with Gasteiger partial charge in [-0.3, -0.25) is 0 Å². The summed E-state index contributed by atoms with van der Waals surface area (Å²) in [7, 11) is -2.58. The molecule has 0 spiro atoms. The lowest BCUT2D eigenvalue weighted by molar-refractivity contribution is -0.149. The van der Waals surface area contributed by atoms with Crippen LogP contribution in [-0.2, 0) is 21.9 Å². The number of hydrogen-bond donors (Lipinski definition) is 0. The number of benzene rings is 2. The third kappa shape index (κ3) is 3.08. The van der Waals surface area contributed by atoms with Gasteiger partial charge in [0, 0.05) is 5.56 Å². The smallest absolute Gasteiger partial charge is 0.192 e. The van der Waals surface area contributed by atoms with E-state index in [4.69, 9.17) is 23.1 Å². The number of hydrogen-bond acceptors (Lipinski definition) is 4. The van der Waals surface area contributed by atoms with Gasteiger partial charge in [0.1, 0.15) is 6.61 Å². The maximum atomic E-state index is 7.38. The van der Waals surface area contributed by atoms with E-state index in [1.165, 1.54) is 0 Å². The van der Waals surface area contributed by atoms with Gasteiger partial charge in [-0.25, -0.2) is 0 Å². The van der Waals surface area contributed by atoms with Crippen LogP contribution in [0.15, 0.2) is 48.5 Å². The SMILES string of the molecule is [2H]C([2H])([2H])Oc1cc(C2(C)OCCO2)ccc1OCc1ccccc1. The molecule has 4 heteroatoms. The van der Waals surface area contributed by atoms with E-state index in [1.807, 2.05) is 30.3 Å². The average molecular weight is 303 g/mol. The van der Waals surface area contributed by atoms with Gasteiger partial charge in [0.15, 0.2) is 17.3 Å². The molecule has 3 rings (SSSR count). The van der Waals surface area contributed by atoms with Crippen LogP contribution in [0.2, 0.25) is 0 Å². The molecule has 0 aromatic heterocycles. The van der Waals surface area contributed by atoms with E-state index < -0.39 is 12.8 Å². The first kappa shape index (κ1) is 11.5. The third-order valence-electron chi connectivity index (χ3n) is 3.65. The van der Waals surface area contributed by atoms with Gasteiger partial charge < -0.3 is 18.9 Å². The van der Waals surface area contributed by atoms with Crippen molar-refractivity contribution in [1.29, 1.82) is 0 Å². The molecule has 1 heterocycles. The summed E-state index contributed by atoms with van der Waals surface area (Å²) in [5, 5.41) is 0. The molecule has 116 valence electrons. The monoisotopic (exact) mass is 303 g/mol. The fraction of sp³-hybridized carbons (Fsp3) is 0.333. The molecule has 0 amide bonds. The first-order valence-electron chi connectivity index (χ1n) is 8.64. The normalized spacial score (nSPS) is 19.0. The standard InChI is InChI=1S/C18H20O4/c1-18(21-10-11-22-18)15-8-9-16(17(12-15)19-2)20-13-14-6-4-3-5-7-14/h3-9,12H,10-11,13H2,1-2H3/i2D3. The van der Waals surface area contributed by atoms with Crippen molar-refractivity contribution in [1.82, 2.24) is 0 Å². The minimum Gasteiger partial charge on any atom is -0.493 e. The van der Waals surface area contributed by atoms with Crippen molar-refractivity contribution in [2.75, 3.05) is 20.3 Å². The van der Waals surface area contributed by atoms with Crippen molar-refractivity contribution in [2.45, 2.75) is 19.3 Å². The first-order chi connectivity index (χ1) is 11.9. The van der Waals surface area contributed by atoms with Crippen LogP contribution in [0.5, 0.6) is 11.5 Å². The second kappa shape index (κ2) is 6.38. The van der Waals surface area contributed by atoms with Crippen LogP contribution in [-0.4, -0.2) is 20.3 Å². The molecule has 0 N–H and O–H groups in total. The van der Waals surface area contributed by atoms with Gasteiger partial charge in [-0.2, -0.15) is 0 Å². The molecule has 22 heavy (non-hydrogen) atoms. The Hall–Kier alpha value is -2.04. The zero-order chi connectivity index (χ0) is 17.9. The van der Waals surface area contributed by atoms with Crippen molar-refractivity contribution in [3.63, 3.8) is 0 Å². The summed E-state index contributed by atoms with van der Waals surface area (Å²) in [4.78, 5) is 0. The second-order valence-electron chi connectivity index (χ2n) is 5.18. The van der Waals surface area contributed by atoms with Crippen LogP contribution in [0.4, 0.5) is 0 Å². The highest BCUT2D eigenvalue weighted by Crippen LogP contribution is 2.36. The van der Waals surface area contributed by atoms with Crippen molar-refractivity contribution >= 4 is 0 Å². The van der Waals surface area contributed by atoms with Crippen molar-refractivity contribution in [2.24, 2.45) is 0 Å². The average Bonchev–Trinajstić information content (AvgIpc) is 3.01. The first-order valence-corrected chi connectivity index (χ1v) is 7.14. The summed E-state index contributed by atoms with van der Waals surface area (Å²) < 4.78 is 44.3. The van der Waals surface area contributed by atoms with Crippen molar-refractivity contribution in [3.8, 4) is 11.5 Å². The Bertz CT molecular complexity index is 710. The van der Waals surface area contributed by atoms with Gasteiger partial charge in [-0.05, 0) is 30.7 Å². The van der Waals surface area contributed by atoms with E-state index in [9.17, 15) is 0 Å². The summed E-state index contributed by atoms with van der Waals surface area (Å²) >= 11 is 0. The van der Waals surface area contributed by atoms with E-state index in [-0.39, 0.29) is 5.75 Å². The van der Waals surface area contributed by atoms with Gasteiger partial charge in [0.05, 0.1) is 24.4 Å². The summed E-state index contributed by atoms with van der Waals surface area (Å²) in [5.41, 5.74) is 1.65. The van der Waals surface area contributed by atoms with E-state index in [0.29, 0.717) is 31.1 Å². The Balaban J connectivity index is 1.85. The molecule has 2 aromatic rings. The summed E-state index contributed by atoms with van der Waals surface area (Å²) in [6.07, 6.45) is 0. The quantitative estimate of drug-likeness (QED) is 0.847. The van der Waals surface area contributed by atoms with Gasteiger partial charge in [0.25, 0.3) is 0 Å². The van der Waals surface area contributed by atoms with Crippen LogP contribution in [0.3, 0.4) is 0 Å². The Morgan fingerprint density at radius 1 is 1.09 bits per heavy atom. The van der Waals surface area contributed by atoms with Gasteiger partial charge in [-0.1, -0.05) is 30.3 Å². The minimum absolute atomic E-state index is 0.133. The number of rotatable bonds is 5. The predicted molar refractivity (Wildman–Crippen MR) is 83.0 cm³/mol. The van der Waals surface area contributed by atoms with Crippen LogP contribution in [0.25, 0.3) is 0 Å². The second-order valence-corrected chi connectivity index (χ2v) is 5.18. The Morgan fingerprint density at radius 3 is 2.59 bits per heavy atom. The lowest BCUT2D eigenvalue weighted by Gasteiger charge is -2.23. The molecular formula is C18H20O4. The molecule has 4 nitrogen and oxygen atoms in total. The zero-order valence-electron chi connectivity index (χ0n) is 15.4. The highest BCUT2D eigenvalue weighted by atomic mass is 16.7. The minimum atomic E-state index is -2.58. The van der Waals surface area contributed by atoms with Crippen molar-refractivity contribution in [3.05, 3.63) is 59.7 Å². The fourth-order valence-electron chi connectivity index (χ4n) is 2.41. The van der Waals surface area contributed by atoms with E-state index in [2.05, 4.69) is 0 Å². The van der Waals surface area contributed by atoms with Gasteiger partial charge in [0.2, 0.25) is 0 Å². The maximum Gasteiger partial charge on any atom is 0.192 e. The fourth-order valence-corrected chi connectivity index (χ4v) is 2.41. The Kier molecular flexibility index (Phi) is 3.34. The molecular weight excluding hydrogens is 280 g/mol. The largest absolute Gasteiger partial charge is 0.493 e. The van der Waals surface area contributed by atoms with Crippen LogP contribution in [0, 0.1) is 0 Å². The molecule has 1 aliphatic rings. The highest BCUT2D eigenvalue weighted by molar-refractivity contribution is 5.44. The topological polar surface area (TPSA) is 36.9 Å². The molecule has 1 fully saturated rings. The molecule has 0 aliphatic carbocycles. The van der Waals surface area contributed by atoms with Gasteiger partial charge >= 0.3 is 0 Å². The van der Waals surface area contributed by atoms with Crippen LogP contribution in [0.1, 0.15) is 22.2 Å². The molecule has 1 aliphatic heterocycles. The maximum absolute atomic E-state index is 7.38. The summed E-state index contributed by atoms with van der Waals surface area (Å²) in [6, 6.07) is 14.7. The highest BCUT2D eigenvalue weighted by Gasteiger charge is 2.33. The predicted octanol–water partition coefficient (Wildman–Crippen LogP) is 3.49. The molecule has 0 bridgehead atoms. The molecule has 0 radical (unpaired) electrons. The van der Waals surface area contributed by atoms with Crippen LogP contribution >= 0.6 is 0 Å². The Morgan fingerprint density at radius 2 is 1.86 bits per heavy atom. The Labute approximate surface area is 134 Å². The number of ether oxygens (including phenoxy) is 4. The summed E-state index contributed by atoms with van der Waals surface area (Å²) in [6.45, 7) is 3.07. The zero-order valence-corrected chi connectivity index (χ0v) is 12.4. The lowest BCUT2D eigenvalue weighted by atomic mass is 10.1. The molecule has 0 unspecified atom stereocenters. The number of methoxy groups -OCH3 is 1. The third-order valence-corrected chi connectivity index (χ3v) is 3.65. The van der Waals surface area contributed by atoms with E-state index in [0.717, 1.165) is 5.56 Å². The van der Waals surface area contributed by atoms with Gasteiger partial charge in [-0.15, -0.1) is 0 Å². The molecule has 0 atom stereocenters. The summed E-state index contributed by atoms with van der Waals surface area (Å²) in [5.74, 6) is -0.427. The van der Waals surface area contributed by atoms with Crippen molar-refractivity contribution < 1.29 is 23.1 Å². The molecule has 1 saturated heterocycles. The van der Waals surface area contributed by atoms with Crippen LogP contribution < -0.4 is 9.47 Å². The van der Waals surface area contributed by atoms with E-state index >= 15 is 0 Å².